The minimum absolute atomic E-state index is 0.0257. The van der Waals surface area contributed by atoms with Gasteiger partial charge in [-0.1, -0.05) is 20.8 Å². The molecule has 0 amide bonds. The fourth-order valence-electron chi connectivity index (χ4n) is 1.28. The number of aromatic nitrogens is 3. The molecule has 2 aromatic heterocycles. The molecule has 4 heteroatoms. The zero-order chi connectivity index (χ0) is 10.3. The highest BCUT2D eigenvalue weighted by Gasteiger charge is 2.17. The predicted octanol–water partition coefficient (Wildman–Crippen LogP) is 1.55. The van der Waals surface area contributed by atoms with Crippen molar-refractivity contribution in [2.24, 2.45) is 0 Å². The Morgan fingerprint density at radius 1 is 1.36 bits per heavy atom. The second-order valence-corrected chi connectivity index (χ2v) is 4.43. The first-order chi connectivity index (χ1) is 6.47. The van der Waals surface area contributed by atoms with E-state index in [-0.39, 0.29) is 11.0 Å². The van der Waals surface area contributed by atoms with Crippen molar-refractivity contribution in [1.29, 1.82) is 0 Å². The number of pyridine rings is 1. The van der Waals surface area contributed by atoms with Gasteiger partial charge in [0, 0.05) is 17.7 Å². The Hall–Kier alpha value is -1.58. The third-order valence-corrected chi connectivity index (χ3v) is 2.10. The summed E-state index contributed by atoms with van der Waals surface area (Å²) in [6, 6.07) is 1.50. The molecule has 74 valence electrons. The normalized spacial score (nSPS) is 12.2. The van der Waals surface area contributed by atoms with Crippen LogP contribution in [0.2, 0.25) is 0 Å². The highest BCUT2D eigenvalue weighted by molar-refractivity contribution is 5.73. The molecule has 0 radical (unpaired) electrons. The van der Waals surface area contributed by atoms with E-state index in [0.717, 1.165) is 16.9 Å². The summed E-state index contributed by atoms with van der Waals surface area (Å²) in [7, 11) is 0. The Labute approximate surface area is 81.4 Å². The van der Waals surface area contributed by atoms with Crippen LogP contribution < -0.4 is 5.56 Å². The van der Waals surface area contributed by atoms with Crippen molar-refractivity contribution in [3.05, 3.63) is 28.4 Å². The molecule has 0 saturated heterocycles. The van der Waals surface area contributed by atoms with E-state index in [4.69, 9.17) is 0 Å². The van der Waals surface area contributed by atoms with E-state index in [1.807, 2.05) is 0 Å². The van der Waals surface area contributed by atoms with E-state index in [0.29, 0.717) is 0 Å². The van der Waals surface area contributed by atoms with Gasteiger partial charge in [0.05, 0.1) is 11.0 Å². The standard InChI is InChI=1S/C10H13N3O/c1-10(2,3)9-12-6-4-8(14)11-5-7(6)13-9/h4-5H,1-3H3,(H,11,14)(H,12,13). The number of fused-ring (bicyclic) bond motifs is 1. The van der Waals surface area contributed by atoms with E-state index < -0.39 is 0 Å². The number of hydrogen-bond donors (Lipinski definition) is 2. The van der Waals surface area contributed by atoms with Gasteiger partial charge in [-0.05, 0) is 0 Å². The number of rotatable bonds is 0. The Morgan fingerprint density at radius 2 is 2.07 bits per heavy atom. The van der Waals surface area contributed by atoms with Crippen LogP contribution in [0.5, 0.6) is 0 Å². The second-order valence-electron chi connectivity index (χ2n) is 4.43. The van der Waals surface area contributed by atoms with Gasteiger partial charge in [-0.3, -0.25) is 4.79 Å². The Balaban J connectivity index is 2.69. The minimum atomic E-state index is -0.121. The predicted molar refractivity (Wildman–Crippen MR) is 55.4 cm³/mol. The van der Waals surface area contributed by atoms with Crippen LogP contribution in [0.25, 0.3) is 11.0 Å². The summed E-state index contributed by atoms with van der Waals surface area (Å²) in [5.74, 6) is 0.895. The van der Waals surface area contributed by atoms with Gasteiger partial charge in [0.2, 0.25) is 5.56 Å². The summed E-state index contributed by atoms with van der Waals surface area (Å²) in [5, 5.41) is 0. The van der Waals surface area contributed by atoms with Crippen molar-refractivity contribution in [1.82, 2.24) is 15.0 Å². The molecule has 2 heterocycles. The lowest BCUT2D eigenvalue weighted by atomic mass is 9.96. The lowest BCUT2D eigenvalue weighted by Crippen LogP contribution is -2.12. The molecule has 2 N–H and O–H groups in total. The van der Waals surface area contributed by atoms with Crippen LogP contribution in [0, 0.1) is 0 Å². The zero-order valence-electron chi connectivity index (χ0n) is 8.51. The molecule has 0 aliphatic rings. The molecule has 0 unspecified atom stereocenters. The summed E-state index contributed by atoms with van der Waals surface area (Å²) in [6.07, 6.45) is 1.65. The van der Waals surface area contributed by atoms with Gasteiger partial charge >= 0.3 is 0 Å². The largest absolute Gasteiger partial charge is 0.340 e. The maximum atomic E-state index is 11.0. The third kappa shape index (κ3) is 1.43. The van der Waals surface area contributed by atoms with Crippen LogP contribution in [-0.4, -0.2) is 15.0 Å². The molecule has 0 aliphatic heterocycles. The first-order valence-corrected chi connectivity index (χ1v) is 4.56. The van der Waals surface area contributed by atoms with Crippen molar-refractivity contribution in [3.63, 3.8) is 0 Å². The SMILES string of the molecule is CC(C)(C)c1nc2cc(=O)[nH]cc2[nH]1. The van der Waals surface area contributed by atoms with Gasteiger partial charge in [0.25, 0.3) is 0 Å². The average molecular weight is 191 g/mol. The first-order valence-electron chi connectivity index (χ1n) is 4.56. The minimum Gasteiger partial charge on any atom is -0.340 e. The monoisotopic (exact) mass is 191 g/mol. The molecule has 0 fully saturated rings. The number of hydrogen-bond acceptors (Lipinski definition) is 2. The van der Waals surface area contributed by atoms with E-state index in [1.54, 1.807) is 6.20 Å². The molecule has 14 heavy (non-hydrogen) atoms. The van der Waals surface area contributed by atoms with E-state index in [2.05, 4.69) is 35.7 Å². The second kappa shape index (κ2) is 2.70. The topological polar surface area (TPSA) is 61.5 Å². The van der Waals surface area contributed by atoms with Crippen molar-refractivity contribution in [3.8, 4) is 0 Å². The van der Waals surface area contributed by atoms with Crippen LogP contribution in [0.1, 0.15) is 26.6 Å². The molecule has 4 nitrogen and oxygen atoms in total. The van der Waals surface area contributed by atoms with Gasteiger partial charge in [0.1, 0.15) is 5.82 Å². The number of nitrogens with zero attached hydrogens (tertiary/aromatic N) is 1. The zero-order valence-corrected chi connectivity index (χ0v) is 8.51. The fraction of sp³-hybridized carbons (Fsp3) is 0.400. The van der Waals surface area contributed by atoms with Crippen molar-refractivity contribution >= 4 is 11.0 Å². The maximum Gasteiger partial charge on any atom is 0.250 e. The fourth-order valence-corrected chi connectivity index (χ4v) is 1.28. The summed E-state index contributed by atoms with van der Waals surface area (Å²) in [5.41, 5.74) is 1.44. The Kier molecular flexibility index (Phi) is 1.74. The van der Waals surface area contributed by atoms with Crippen LogP contribution in [0.15, 0.2) is 17.1 Å². The summed E-state index contributed by atoms with van der Waals surface area (Å²) in [6.45, 7) is 6.23. The van der Waals surface area contributed by atoms with E-state index >= 15 is 0 Å². The third-order valence-electron chi connectivity index (χ3n) is 2.10. The smallest absolute Gasteiger partial charge is 0.250 e. The first kappa shape index (κ1) is 8.99. The molecule has 2 aromatic rings. The lowest BCUT2D eigenvalue weighted by Gasteiger charge is -2.13. The van der Waals surface area contributed by atoms with Crippen molar-refractivity contribution in [2.45, 2.75) is 26.2 Å². The highest BCUT2D eigenvalue weighted by Crippen LogP contribution is 2.20. The Bertz CT molecular complexity index is 516. The van der Waals surface area contributed by atoms with E-state index in [1.165, 1.54) is 6.07 Å². The van der Waals surface area contributed by atoms with Crippen molar-refractivity contribution in [2.75, 3.05) is 0 Å². The maximum absolute atomic E-state index is 11.0. The van der Waals surface area contributed by atoms with Gasteiger partial charge < -0.3 is 9.97 Å². The van der Waals surface area contributed by atoms with Crippen LogP contribution >= 0.6 is 0 Å². The molecule has 0 atom stereocenters. The number of nitrogens with one attached hydrogen (secondary N) is 2. The number of aromatic amines is 2. The summed E-state index contributed by atoms with van der Waals surface area (Å²) < 4.78 is 0. The highest BCUT2D eigenvalue weighted by atomic mass is 16.1. The van der Waals surface area contributed by atoms with Gasteiger partial charge in [-0.15, -0.1) is 0 Å². The quantitative estimate of drug-likeness (QED) is 0.663. The summed E-state index contributed by atoms with van der Waals surface area (Å²) in [4.78, 5) is 21.2. The Morgan fingerprint density at radius 3 is 2.71 bits per heavy atom. The molecule has 0 spiro atoms. The molecule has 0 aromatic carbocycles. The number of imidazole rings is 1. The molecular weight excluding hydrogens is 178 g/mol. The van der Waals surface area contributed by atoms with Crippen molar-refractivity contribution < 1.29 is 0 Å². The van der Waals surface area contributed by atoms with Crippen LogP contribution in [0.4, 0.5) is 0 Å². The number of H-pyrrole nitrogens is 2. The molecule has 0 saturated carbocycles. The molecule has 0 bridgehead atoms. The molecule has 0 aliphatic carbocycles. The lowest BCUT2D eigenvalue weighted by molar-refractivity contribution is 0.554. The van der Waals surface area contributed by atoms with Gasteiger partial charge in [-0.2, -0.15) is 0 Å². The van der Waals surface area contributed by atoms with Gasteiger partial charge in [-0.25, -0.2) is 4.98 Å². The van der Waals surface area contributed by atoms with Crippen LogP contribution in [0.3, 0.4) is 0 Å². The molecular formula is C10H13N3O. The summed E-state index contributed by atoms with van der Waals surface area (Å²) >= 11 is 0. The molecule has 2 rings (SSSR count). The van der Waals surface area contributed by atoms with Crippen LogP contribution in [-0.2, 0) is 5.41 Å². The van der Waals surface area contributed by atoms with E-state index in [9.17, 15) is 4.79 Å². The van der Waals surface area contributed by atoms with Gasteiger partial charge in [0.15, 0.2) is 0 Å². The average Bonchev–Trinajstić information content (AvgIpc) is 2.45.